The van der Waals surface area contributed by atoms with Gasteiger partial charge in [-0.05, 0) is 39.5 Å². The molecule has 0 aliphatic rings. The summed E-state index contributed by atoms with van der Waals surface area (Å²) in [6, 6.07) is 0.461. The van der Waals surface area contributed by atoms with E-state index in [-0.39, 0.29) is 32.7 Å². The molecule has 0 rings (SSSR count). The first-order valence-corrected chi connectivity index (χ1v) is 13.5. The van der Waals surface area contributed by atoms with Crippen LogP contribution in [0.1, 0.15) is 59.8 Å². The van der Waals surface area contributed by atoms with Crippen molar-refractivity contribution in [2.45, 2.75) is 65.8 Å². The van der Waals surface area contributed by atoms with Crippen molar-refractivity contribution < 1.29 is 47.0 Å². The van der Waals surface area contributed by atoms with E-state index in [1.165, 1.54) is 28.4 Å². The van der Waals surface area contributed by atoms with Gasteiger partial charge in [-0.3, -0.25) is 14.4 Å². The molecule has 3 atom stereocenters. The molecule has 3 unspecified atom stereocenters. The number of carbonyl (C=O) groups is 3. The highest BCUT2D eigenvalue weighted by molar-refractivity contribution is 6.60. The van der Waals surface area contributed by atoms with E-state index in [9.17, 15) is 14.4 Å². The van der Waals surface area contributed by atoms with Gasteiger partial charge in [-0.1, -0.05) is 13.8 Å². The molecule has 0 spiro atoms. The molecular weight excluding hydrogens is 464 g/mol. The van der Waals surface area contributed by atoms with Crippen molar-refractivity contribution in [3.63, 3.8) is 0 Å². The molecule has 1 N–H and O–H groups in total. The minimum atomic E-state index is -2.79. The van der Waals surface area contributed by atoms with E-state index < -0.39 is 43.5 Å². The van der Waals surface area contributed by atoms with Crippen LogP contribution < -0.4 is 0 Å². The van der Waals surface area contributed by atoms with Gasteiger partial charge in [0.2, 0.25) is 0 Å². The molecule has 0 radical (unpaired) electrons. The summed E-state index contributed by atoms with van der Waals surface area (Å²) in [5, 5.41) is 8.89. The van der Waals surface area contributed by atoms with Crippen LogP contribution in [0.5, 0.6) is 0 Å². The summed E-state index contributed by atoms with van der Waals surface area (Å²) in [6.07, 6.45) is 1.52. The Morgan fingerprint density at radius 2 is 1.44 bits per heavy atom. The first-order valence-electron chi connectivity index (χ1n) is 11.6. The van der Waals surface area contributed by atoms with Gasteiger partial charge in [-0.25, -0.2) is 0 Å². The van der Waals surface area contributed by atoms with Crippen molar-refractivity contribution in [1.29, 1.82) is 0 Å². The summed E-state index contributed by atoms with van der Waals surface area (Å²) >= 11 is 0. The summed E-state index contributed by atoms with van der Waals surface area (Å²) < 4.78 is 31.9. The van der Waals surface area contributed by atoms with Gasteiger partial charge in [0.1, 0.15) is 0 Å². The standard InChI is InChI=1S/C23H44O10Si/c1-9-22(3,20(26)28-5)17-23(4,16-18(2)19(25)32-13-10-12-24)21(27)33-14-11-15-34(29-6,30-7)31-8/h18,24H,9-17H2,1-8H3. The van der Waals surface area contributed by atoms with Gasteiger partial charge in [-0.2, -0.15) is 0 Å². The van der Waals surface area contributed by atoms with Crippen LogP contribution >= 0.6 is 0 Å². The number of methoxy groups -OCH3 is 1. The number of hydrogen-bond acceptors (Lipinski definition) is 10. The normalized spacial score (nSPS) is 16.1. The Bertz CT molecular complexity index is 631. The van der Waals surface area contributed by atoms with E-state index in [1.807, 2.05) is 6.92 Å². The second-order valence-corrected chi connectivity index (χ2v) is 12.1. The van der Waals surface area contributed by atoms with E-state index in [4.69, 9.17) is 32.6 Å². The van der Waals surface area contributed by atoms with Crippen LogP contribution in [0.15, 0.2) is 0 Å². The summed E-state index contributed by atoms with van der Waals surface area (Å²) in [4.78, 5) is 38.2. The van der Waals surface area contributed by atoms with Gasteiger partial charge >= 0.3 is 26.7 Å². The molecule has 10 nitrogen and oxygen atoms in total. The topological polar surface area (TPSA) is 127 Å². The zero-order chi connectivity index (χ0) is 26.4. The molecule has 0 saturated heterocycles. The summed E-state index contributed by atoms with van der Waals surface area (Å²) in [6.45, 7) is 7.07. The summed E-state index contributed by atoms with van der Waals surface area (Å²) in [7, 11) is 3.07. The van der Waals surface area contributed by atoms with Gasteiger partial charge < -0.3 is 32.6 Å². The van der Waals surface area contributed by atoms with Gasteiger partial charge in [0, 0.05) is 40.4 Å². The van der Waals surface area contributed by atoms with E-state index in [1.54, 1.807) is 20.8 Å². The van der Waals surface area contributed by atoms with E-state index in [0.717, 1.165) is 0 Å². The quantitative estimate of drug-likeness (QED) is 0.128. The highest BCUT2D eigenvalue weighted by atomic mass is 28.4. The Balaban J connectivity index is 5.52. The molecule has 0 aliphatic heterocycles. The number of aliphatic hydroxyl groups excluding tert-OH is 1. The minimum Gasteiger partial charge on any atom is -0.469 e. The van der Waals surface area contributed by atoms with Crippen molar-refractivity contribution in [2.75, 3.05) is 48.3 Å². The van der Waals surface area contributed by atoms with Crippen molar-refractivity contribution in [3.8, 4) is 0 Å². The van der Waals surface area contributed by atoms with E-state index >= 15 is 0 Å². The summed E-state index contributed by atoms with van der Waals surface area (Å²) in [5.74, 6) is -2.03. The SMILES string of the molecule is CCC(C)(CC(C)(CC(C)C(=O)OCCCO)C(=O)OCCC[Si](OC)(OC)OC)C(=O)OC. The fraction of sp³-hybridized carbons (Fsp3) is 0.870. The highest BCUT2D eigenvalue weighted by Gasteiger charge is 2.47. The molecule has 0 saturated carbocycles. The maximum absolute atomic E-state index is 13.3. The molecule has 0 aliphatic carbocycles. The Kier molecular flexibility index (Phi) is 14.8. The molecule has 11 heteroatoms. The van der Waals surface area contributed by atoms with Crippen molar-refractivity contribution in [1.82, 2.24) is 0 Å². The van der Waals surface area contributed by atoms with Crippen LogP contribution in [0, 0.1) is 16.7 Å². The zero-order valence-corrected chi connectivity index (χ0v) is 23.1. The smallest absolute Gasteiger partial charge is 0.469 e. The summed E-state index contributed by atoms with van der Waals surface area (Å²) in [5.41, 5.74) is -2.08. The van der Waals surface area contributed by atoms with Crippen molar-refractivity contribution in [2.24, 2.45) is 16.7 Å². The maximum atomic E-state index is 13.3. The molecule has 0 aromatic rings. The zero-order valence-electron chi connectivity index (χ0n) is 22.1. The molecule has 0 fully saturated rings. The first kappa shape index (κ1) is 32.5. The number of aliphatic hydroxyl groups is 1. The average molecular weight is 509 g/mol. The van der Waals surface area contributed by atoms with Crippen molar-refractivity contribution >= 4 is 26.7 Å². The monoisotopic (exact) mass is 508 g/mol. The Morgan fingerprint density at radius 3 is 1.91 bits per heavy atom. The second kappa shape index (κ2) is 15.5. The lowest BCUT2D eigenvalue weighted by Crippen LogP contribution is -2.43. The Hall–Kier alpha value is -1.53. The Morgan fingerprint density at radius 1 is 0.882 bits per heavy atom. The third-order valence-corrected chi connectivity index (χ3v) is 9.06. The second-order valence-electron chi connectivity index (χ2n) is 9.03. The molecule has 34 heavy (non-hydrogen) atoms. The molecule has 0 aromatic carbocycles. The van der Waals surface area contributed by atoms with Crippen LogP contribution in [0.3, 0.4) is 0 Å². The lowest BCUT2D eigenvalue weighted by atomic mass is 9.68. The predicted octanol–water partition coefficient (Wildman–Crippen LogP) is 2.74. The third kappa shape index (κ3) is 9.61. The average Bonchev–Trinajstić information content (AvgIpc) is 2.83. The van der Waals surface area contributed by atoms with Crippen LogP contribution in [0.25, 0.3) is 0 Å². The number of esters is 3. The third-order valence-electron chi connectivity index (χ3n) is 6.23. The molecule has 0 bridgehead atoms. The number of rotatable bonds is 18. The van der Waals surface area contributed by atoms with Gasteiger partial charge in [-0.15, -0.1) is 0 Å². The number of hydrogen-bond donors (Lipinski definition) is 1. The molecule has 0 amide bonds. The van der Waals surface area contributed by atoms with Crippen LogP contribution in [-0.4, -0.2) is 80.1 Å². The van der Waals surface area contributed by atoms with Gasteiger partial charge in [0.05, 0.1) is 37.1 Å². The Labute approximate surface area is 204 Å². The minimum absolute atomic E-state index is 0.0843. The van der Waals surface area contributed by atoms with E-state index in [0.29, 0.717) is 25.3 Å². The fourth-order valence-electron chi connectivity index (χ4n) is 4.00. The largest absolute Gasteiger partial charge is 0.500 e. The fourth-order valence-corrected chi connectivity index (χ4v) is 5.69. The van der Waals surface area contributed by atoms with Crippen LogP contribution in [0.2, 0.25) is 6.04 Å². The van der Waals surface area contributed by atoms with Crippen LogP contribution in [0.4, 0.5) is 0 Å². The predicted molar refractivity (Wildman–Crippen MR) is 127 cm³/mol. The van der Waals surface area contributed by atoms with Gasteiger partial charge in [0.15, 0.2) is 0 Å². The highest BCUT2D eigenvalue weighted by Crippen LogP contribution is 2.42. The number of ether oxygens (including phenoxy) is 3. The molecular formula is C23H44O10Si. The molecule has 0 heterocycles. The van der Waals surface area contributed by atoms with E-state index in [2.05, 4.69) is 0 Å². The lowest BCUT2D eigenvalue weighted by Gasteiger charge is -2.37. The number of carbonyl (C=O) groups excluding carboxylic acids is 3. The van der Waals surface area contributed by atoms with Crippen molar-refractivity contribution in [3.05, 3.63) is 0 Å². The molecule has 0 aromatic heterocycles. The first-order chi connectivity index (χ1) is 15.9. The van der Waals surface area contributed by atoms with Gasteiger partial charge in [0.25, 0.3) is 0 Å². The molecule has 200 valence electrons. The lowest BCUT2D eigenvalue weighted by molar-refractivity contribution is -0.165. The van der Waals surface area contributed by atoms with Crippen LogP contribution in [-0.2, 0) is 41.9 Å². The maximum Gasteiger partial charge on any atom is 0.500 e.